The second-order valence-corrected chi connectivity index (χ2v) is 5.68. The van der Waals surface area contributed by atoms with Crippen molar-refractivity contribution in [3.05, 3.63) is 76.3 Å². The fourth-order valence-corrected chi connectivity index (χ4v) is 2.73. The predicted octanol–water partition coefficient (Wildman–Crippen LogP) is 1.83. The summed E-state index contributed by atoms with van der Waals surface area (Å²) in [5, 5.41) is 13.8. The summed E-state index contributed by atoms with van der Waals surface area (Å²) in [4.78, 5) is 14.6. The molecule has 2 aromatic carbocycles. The Morgan fingerprint density at radius 3 is 2.23 bits per heavy atom. The molecule has 2 heterocycles. The summed E-state index contributed by atoms with van der Waals surface area (Å²) in [5.74, 6) is -0.124. The SMILES string of the molecule is O=c1[nH]c(-c2ccc(C3=NNNN3)cc2)c(-c2ccc(F)cc2)cc1O. The molecule has 130 valence electrons. The van der Waals surface area contributed by atoms with Crippen LogP contribution in [0.5, 0.6) is 5.75 Å². The molecular weight excluding hydrogens is 337 g/mol. The average Bonchev–Trinajstić information content (AvgIpc) is 3.19. The Bertz CT molecular complexity index is 1040. The number of nitrogens with one attached hydrogen (secondary N) is 4. The van der Waals surface area contributed by atoms with E-state index in [1.165, 1.54) is 18.2 Å². The van der Waals surface area contributed by atoms with Crippen LogP contribution in [-0.4, -0.2) is 15.9 Å². The molecule has 3 aromatic rings. The second kappa shape index (κ2) is 6.34. The highest BCUT2D eigenvalue weighted by Gasteiger charge is 2.13. The lowest BCUT2D eigenvalue weighted by molar-refractivity contribution is 0.467. The van der Waals surface area contributed by atoms with E-state index in [2.05, 4.69) is 26.6 Å². The van der Waals surface area contributed by atoms with E-state index in [-0.39, 0.29) is 5.82 Å². The standard InChI is InChI=1S/C18H14FN5O2/c19-13-7-5-10(6-8-13)14-9-15(25)18(26)20-16(14)11-1-3-12(4-2-11)17-21-23-24-22-17/h1-9,23-25H,(H,20,26)(H,21,22). The van der Waals surface area contributed by atoms with Gasteiger partial charge in [0.05, 0.1) is 5.69 Å². The van der Waals surface area contributed by atoms with E-state index in [4.69, 9.17) is 0 Å². The summed E-state index contributed by atoms with van der Waals surface area (Å²) in [6, 6.07) is 14.6. The van der Waals surface area contributed by atoms with Crippen molar-refractivity contribution in [1.29, 1.82) is 0 Å². The molecule has 26 heavy (non-hydrogen) atoms. The summed E-state index contributed by atoms with van der Waals surface area (Å²) in [6.07, 6.45) is 0. The smallest absolute Gasteiger partial charge is 0.290 e. The predicted molar refractivity (Wildman–Crippen MR) is 95.5 cm³/mol. The van der Waals surface area contributed by atoms with E-state index in [1.807, 2.05) is 24.3 Å². The maximum absolute atomic E-state index is 13.2. The van der Waals surface area contributed by atoms with Crippen molar-refractivity contribution in [2.24, 2.45) is 5.10 Å². The summed E-state index contributed by atoms with van der Waals surface area (Å²) in [6.45, 7) is 0. The third-order valence-electron chi connectivity index (χ3n) is 4.03. The number of nitrogens with zero attached hydrogens (tertiary/aromatic N) is 1. The first-order valence-electron chi connectivity index (χ1n) is 7.78. The first-order valence-corrected chi connectivity index (χ1v) is 7.78. The third-order valence-corrected chi connectivity index (χ3v) is 4.03. The van der Waals surface area contributed by atoms with Crippen LogP contribution >= 0.6 is 0 Å². The van der Waals surface area contributed by atoms with Crippen molar-refractivity contribution >= 4 is 5.84 Å². The molecule has 0 radical (unpaired) electrons. The molecule has 0 saturated heterocycles. The number of aromatic amines is 1. The van der Waals surface area contributed by atoms with Gasteiger partial charge in [-0.25, -0.2) is 9.93 Å². The Kier molecular flexibility index (Phi) is 3.86. The minimum Gasteiger partial charge on any atom is -0.503 e. The molecule has 5 N–H and O–H groups in total. The van der Waals surface area contributed by atoms with E-state index in [9.17, 15) is 14.3 Å². The fourth-order valence-electron chi connectivity index (χ4n) is 2.73. The van der Waals surface area contributed by atoms with Crippen molar-refractivity contribution in [2.75, 3.05) is 0 Å². The van der Waals surface area contributed by atoms with Crippen LogP contribution in [-0.2, 0) is 0 Å². The van der Waals surface area contributed by atoms with Gasteiger partial charge in [0.15, 0.2) is 11.6 Å². The quantitative estimate of drug-likeness (QED) is 0.496. The molecule has 0 amide bonds. The molecule has 8 heteroatoms. The van der Waals surface area contributed by atoms with Crippen LogP contribution in [0, 0.1) is 5.82 Å². The topological polar surface area (TPSA) is 102 Å². The monoisotopic (exact) mass is 351 g/mol. The Morgan fingerprint density at radius 1 is 0.923 bits per heavy atom. The summed E-state index contributed by atoms with van der Waals surface area (Å²) in [5.41, 5.74) is 10.9. The number of rotatable bonds is 3. The number of benzene rings is 2. The van der Waals surface area contributed by atoms with E-state index >= 15 is 0 Å². The van der Waals surface area contributed by atoms with E-state index in [0.29, 0.717) is 22.7 Å². The van der Waals surface area contributed by atoms with Crippen LogP contribution in [0.25, 0.3) is 22.4 Å². The highest BCUT2D eigenvalue weighted by Crippen LogP contribution is 2.31. The highest BCUT2D eigenvalue weighted by molar-refractivity contribution is 5.99. The van der Waals surface area contributed by atoms with Crippen molar-refractivity contribution in [3.63, 3.8) is 0 Å². The van der Waals surface area contributed by atoms with E-state index in [0.717, 1.165) is 11.1 Å². The van der Waals surface area contributed by atoms with E-state index < -0.39 is 11.3 Å². The first-order chi connectivity index (χ1) is 12.6. The molecule has 0 fully saturated rings. The summed E-state index contributed by atoms with van der Waals surface area (Å²) >= 11 is 0. The summed E-state index contributed by atoms with van der Waals surface area (Å²) < 4.78 is 13.2. The van der Waals surface area contributed by atoms with Gasteiger partial charge < -0.3 is 10.1 Å². The molecule has 7 nitrogen and oxygen atoms in total. The van der Waals surface area contributed by atoms with Crippen LogP contribution in [0.2, 0.25) is 0 Å². The van der Waals surface area contributed by atoms with Gasteiger partial charge in [0.1, 0.15) is 5.82 Å². The fraction of sp³-hybridized carbons (Fsp3) is 0. The number of hydrazone groups is 1. The number of aromatic nitrogens is 1. The van der Waals surface area contributed by atoms with Gasteiger partial charge in [0.2, 0.25) is 0 Å². The zero-order valence-corrected chi connectivity index (χ0v) is 13.4. The number of H-pyrrole nitrogens is 1. The molecular formula is C18H14FN5O2. The Balaban J connectivity index is 1.81. The number of hydrazine groups is 2. The number of aromatic hydroxyl groups is 1. The van der Waals surface area contributed by atoms with Gasteiger partial charge in [-0.15, -0.1) is 10.6 Å². The van der Waals surface area contributed by atoms with Gasteiger partial charge in [-0.1, -0.05) is 36.4 Å². The van der Waals surface area contributed by atoms with Crippen LogP contribution in [0.1, 0.15) is 5.56 Å². The van der Waals surface area contributed by atoms with Gasteiger partial charge in [0.25, 0.3) is 5.56 Å². The number of hydrogen-bond acceptors (Lipinski definition) is 6. The minimum absolute atomic E-state index is 0.361. The summed E-state index contributed by atoms with van der Waals surface area (Å²) in [7, 11) is 0. The van der Waals surface area contributed by atoms with Crippen molar-refractivity contribution in [2.45, 2.75) is 0 Å². The zero-order chi connectivity index (χ0) is 18.1. The molecule has 0 atom stereocenters. The van der Waals surface area contributed by atoms with Crippen LogP contribution < -0.4 is 22.1 Å². The van der Waals surface area contributed by atoms with Crippen molar-refractivity contribution in [1.82, 2.24) is 21.5 Å². The first kappa shape index (κ1) is 15.9. The van der Waals surface area contributed by atoms with Gasteiger partial charge >= 0.3 is 0 Å². The van der Waals surface area contributed by atoms with Crippen LogP contribution in [0.4, 0.5) is 4.39 Å². The number of hydrogen-bond donors (Lipinski definition) is 5. The van der Waals surface area contributed by atoms with Gasteiger partial charge in [0, 0.05) is 11.1 Å². The van der Waals surface area contributed by atoms with Crippen LogP contribution in [0.3, 0.4) is 0 Å². The Morgan fingerprint density at radius 2 is 1.58 bits per heavy atom. The zero-order valence-electron chi connectivity index (χ0n) is 13.4. The molecule has 1 aliphatic heterocycles. The number of amidine groups is 1. The molecule has 0 saturated carbocycles. The number of halogens is 1. The molecule has 1 aromatic heterocycles. The maximum Gasteiger partial charge on any atom is 0.290 e. The normalized spacial score (nSPS) is 13.0. The molecule has 0 unspecified atom stereocenters. The van der Waals surface area contributed by atoms with Crippen molar-refractivity contribution in [3.8, 4) is 28.1 Å². The minimum atomic E-state index is -0.592. The molecule has 4 rings (SSSR count). The lowest BCUT2D eigenvalue weighted by atomic mass is 9.98. The molecule has 0 bridgehead atoms. The maximum atomic E-state index is 13.2. The third kappa shape index (κ3) is 2.89. The van der Waals surface area contributed by atoms with Gasteiger partial charge in [-0.05, 0) is 29.3 Å². The van der Waals surface area contributed by atoms with E-state index in [1.54, 1.807) is 12.1 Å². The lowest BCUT2D eigenvalue weighted by Gasteiger charge is -2.11. The largest absolute Gasteiger partial charge is 0.503 e. The number of pyridine rings is 1. The van der Waals surface area contributed by atoms with Crippen LogP contribution in [0.15, 0.2) is 64.5 Å². The Labute approximate surface area is 147 Å². The second-order valence-electron chi connectivity index (χ2n) is 5.68. The lowest BCUT2D eigenvalue weighted by Crippen LogP contribution is -2.35. The highest BCUT2D eigenvalue weighted by atomic mass is 19.1. The van der Waals surface area contributed by atoms with Gasteiger partial charge in [-0.2, -0.15) is 0 Å². The van der Waals surface area contributed by atoms with Crippen molar-refractivity contribution < 1.29 is 9.50 Å². The average molecular weight is 351 g/mol. The molecule has 1 aliphatic rings. The molecule has 0 spiro atoms. The van der Waals surface area contributed by atoms with Gasteiger partial charge in [-0.3, -0.25) is 10.2 Å². The Hall–Kier alpha value is -3.65. The molecule has 0 aliphatic carbocycles.